The Hall–Kier alpha value is -2.59. The van der Waals surface area contributed by atoms with Gasteiger partial charge in [0, 0.05) is 25.9 Å². The molecule has 1 fully saturated rings. The van der Waals surface area contributed by atoms with Gasteiger partial charge in [-0.25, -0.2) is 0 Å². The molecule has 1 aromatic rings. The second-order valence-corrected chi connectivity index (χ2v) is 7.89. The van der Waals surface area contributed by atoms with Gasteiger partial charge in [0.05, 0.1) is 12.0 Å². The number of phenols is 1. The summed E-state index contributed by atoms with van der Waals surface area (Å²) in [6.07, 6.45) is 2.73. The number of carboxylic acids is 1. The number of carbonyl (C=O) groups excluding carboxylic acids is 2. The Morgan fingerprint density at radius 3 is 2.76 bits per heavy atom. The Morgan fingerprint density at radius 1 is 1.31 bits per heavy atom. The number of thioether (sulfide) groups is 1. The molecule has 3 N–H and O–H groups in total. The predicted molar refractivity (Wildman–Crippen MR) is 114 cm³/mol. The van der Waals surface area contributed by atoms with Gasteiger partial charge in [-0.15, -0.1) is 0 Å². The van der Waals surface area contributed by atoms with E-state index in [0.29, 0.717) is 46.5 Å². The molecule has 1 aliphatic heterocycles. The molecule has 2 amide bonds. The number of methoxy groups -OCH3 is 1. The molecule has 0 aliphatic carbocycles. The topological polar surface area (TPSA) is 116 Å². The first-order valence-corrected chi connectivity index (χ1v) is 10.1. The smallest absolute Gasteiger partial charge is 0.303 e. The lowest BCUT2D eigenvalue weighted by Crippen LogP contribution is -2.31. The van der Waals surface area contributed by atoms with Crippen molar-refractivity contribution < 1.29 is 29.3 Å². The number of hydrogen-bond acceptors (Lipinski definition) is 7. The highest BCUT2D eigenvalue weighted by molar-refractivity contribution is 8.26. The highest BCUT2D eigenvalue weighted by Crippen LogP contribution is 2.34. The molecular weight excluding hydrogens is 416 g/mol. The van der Waals surface area contributed by atoms with E-state index in [9.17, 15) is 19.5 Å². The Kier molecular flexibility index (Phi) is 8.47. The number of aromatic hydroxyl groups is 1. The molecule has 0 unspecified atom stereocenters. The van der Waals surface area contributed by atoms with Crippen LogP contribution in [0.15, 0.2) is 23.1 Å². The summed E-state index contributed by atoms with van der Waals surface area (Å²) in [5.74, 6) is -0.990. The Bertz CT molecular complexity index is 840. The molecule has 1 saturated heterocycles. The van der Waals surface area contributed by atoms with Crippen LogP contribution >= 0.6 is 24.0 Å². The molecule has 0 bridgehead atoms. The monoisotopic (exact) mass is 438 g/mol. The maximum absolute atomic E-state index is 12.6. The van der Waals surface area contributed by atoms with E-state index in [1.165, 1.54) is 29.8 Å². The minimum absolute atomic E-state index is 0.00999. The van der Waals surface area contributed by atoms with Gasteiger partial charge in [0.1, 0.15) is 4.32 Å². The molecule has 0 atom stereocenters. The number of ether oxygens (including phenoxy) is 1. The van der Waals surface area contributed by atoms with Crippen molar-refractivity contribution in [3.05, 3.63) is 28.7 Å². The summed E-state index contributed by atoms with van der Waals surface area (Å²) in [7, 11) is 1.45. The zero-order valence-electron chi connectivity index (χ0n) is 15.8. The maximum atomic E-state index is 12.6. The minimum atomic E-state index is -0.896. The van der Waals surface area contributed by atoms with Crippen molar-refractivity contribution in [1.29, 1.82) is 0 Å². The van der Waals surface area contributed by atoms with E-state index >= 15 is 0 Å². The van der Waals surface area contributed by atoms with Crippen molar-refractivity contribution in [2.45, 2.75) is 25.7 Å². The average molecular weight is 439 g/mol. The number of rotatable bonds is 10. The molecule has 0 spiro atoms. The van der Waals surface area contributed by atoms with Crippen LogP contribution in [0.1, 0.15) is 31.2 Å². The van der Waals surface area contributed by atoms with E-state index in [1.54, 1.807) is 18.2 Å². The highest BCUT2D eigenvalue weighted by Gasteiger charge is 2.31. The van der Waals surface area contributed by atoms with Crippen molar-refractivity contribution in [2.24, 2.45) is 0 Å². The summed E-state index contributed by atoms with van der Waals surface area (Å²) in [6.45, 7) is 0.633. The van der Waals surface area contributed by atoms with Crippen LogP contribution < -0.4 is 10.1 Å². The highest BCUT2D eigenvalue weighted by atomic mass is 32.2. The number of nitrogens with zero attached hydrogens (tertiary/aromatic N) is 1. The van der Waals surface area contributed by atoms with E-state index in [-0.39, 0.29) is 30.4 Å². The summed E-state index contributed by atoms with van der Waals surface area (Å²) in [5, 5.41) is 20.9. The van der Waals surface area contributed by atoms with Crippen LogP contribution in [-0.4, -0.2) is 57.4 Å². The normalized spacial score (nSPS) is 15.1. The molecule has 156 valence electrons. The van der Waals surface area contributed by atoms with Crippen molar-refractivity contribution in [3.63, 3.8) is 0 Å². The van der Waals surface area contributed by atoms with Crippen LogP contribution in [0.3, 0.4) is 0 Å². The number of amides is 2. The molecule has 1 aliphatic rings. The largest absolute Gasteiger partial charge is 0.504 e. The van der Waals surface area contributed by atoms with Crippen LogP contribution in [0.25, 0.3) is 6.08 Å². The fourth-order valence-electron chi connectivity index (χ4n) is 2.58. The number of carbonyl (C=O) groups is 3. The molecule has 10 heteroatoms. The summed E-state index contributed by atoms with van der Waals surface area (Å²) >= 11 is 6.46. The van der Waals surface area contributed by atoms with Crippen molar-refractivity contribution in [1.82, 2.24) is 10.2 Å². The number of hydrogen-bond donors (Lipinski definition) is 3. The van der Waals surface area contributed by atoms with Crippen molar-refractivity contribution in [3.8, 4) is 11.5 Å². The Morgan fingerprint density at radius 2 is 2.07 bits per heavy atom. The summed E-state index contributed by atoms with van der Waals surface area (Å²) < 4.78 is 5.49. The second-order valence-electron chi connectivity index (χ2n) is 6.22. The van der Waals surface area contributed by atoms with Gasteiger partial charge in [-0.05, 0) is 36.6 Å². The molecular formula is C19H22N2O6S2. The summed E-state index contributed by atoms with van der Waals surface area (Å²) in [5.41, 5.74) is 0.695. The van der Waals surface area contributed by atoms with Gasteiger partial charge in [-0.2, -0.15) is 0 Å². The molecule has 0 saturated carbocycles. The lowest BCUT2D eigenvalue weighted by Gasteiger charge is -2.14. The second kappa shape index (κ2) is 10.8. The summed E-state index contributed by atoms with van der Waals surface area (Å²) in [4.78, 5) is 36.7. The minimum Gasteiger partial charge on any atom is -0.504 e. The number of nitrogens with one attached hydrogen (secondary N) is 1. The van der Waals surface area contributed by atoms with Crippen LogP contribution in [0.4, 0.5) is 0 Å². The molecule has 29 heavy (non-hydrogen) atoms. The van der Waals surface area contributed by atoms with Crippen LogP contribution in [0.5, 0.6) is 11.5 Å². The quantitative estimate of drug-likeness (QED) is 0.290. The maximum Gasteiger partial charge on any atom is 0.303 e. The lowest BCUT2D eigenvalue weighted by molar-refractivity contribution is -0.137. The van der Waals surface area contributed by atoms with E-state index in [2.05, 4.69) is 5.32 Å². The van der Waals surface area contributed by atoms with Gasteiger partial charge in [-0.3, -0.25) is 19.3 Å². The average Bonchev–Trinajstić information content (AvgIpc) is 2.94. The van der Waals surface area contributed by atoms with Crippen molar-refractivity contribution >= 4 is 52.2 Å². The molecule has 2 rings (SSSR count). The first-order valence-electron chi connectivity index (χ1n) is 8.92. The third-order valence-electron chi connectivity index (χ3n) is 4.05. The van der Waals surface area contributed by atoms with E-state index < -0.39 is 5.97 Å². The molecule has 0 aromatic heterocycles. The molecule has 1 aromatic carbocycles. The van der Waals surface area contributed by atoms with Crippen LogP contribution in [0.2, 0.25) is 0 Å². The van der Waals surface area contributed by atoms with Gasteiger partial charge in [0.15, 0.2) is 11.5 Å². The summed E-state index contributed by atoms with van der Waals surface area (Å²) in [6, 6.07) is 4.77. The third-order valence-corrected chi connectivity index (χ3v) is 5.43. The van der Waals surface area contributed by atoms with Gasteiger partial charge in [-0.1, -0.05) is 30.0 Å². The first kappa shape index (κ1) is 22.7. The van der Waals surface area contributed by atoms with Crippen molar-refractivity contribution in [2.75, 3.05) is 20.2 Å². The van der Waals surface area contributed by atoms with Gasteiger partial charge in [0.25, 0.3) is 5.91 Å². The van der Waals surface area contributed by atoms with E-state index in [0.717, 1.165) is 0 Å². The SMILES string of the molecule is COc1cc(/C=C2\SC(=S)N(CCCC(=O)NCCCC(=O)O)C2=O)ccc1O. The number of thiocarbonyl (C=S) groups is 1. The zero-order valence-corrected chi connectivity index (χ0v) is 17.5. The van der Waals surface area contributed by atoms with E-state index in [1.807, 2.05) is 0 Å². The molecule has 0 radical (unpaired) electrons. The molecule has 8 nitrogen and oxygen atoms in total. The van der Waals surface area contributed by atoms with Gasteiger partial charge >= 0.3 is 5.97 Å². The van der Waals surface area contributed by atoms with Crippen LogP contribution in [0, 0.1) is 0 Å². The standard InChI is InChI=1S/C19H22N2O6S2/c1-27-14-10-12(6-7-13(14)22)11-15-18(26)21(19(28)29-15)9-3-4-16(23)20-8-2-5-17(24)25/h6-7,10-11,22H,2-5,8-9H2,1H3,(H,20,23)(H,24,25)/b15-11-. The number of benzene rings is 1. The van der Waals surface area contributed by atoms with Gasteiger partial charge in [0.2, 0.25) is 5.91 Å². The fourth-order valence-corrected chi connectivity index (χ4v) is 3.89. The Labute approximate surface area is 177 Å². The number of phenolic OH excluding ortho intramolecular Hbond substituents is 1. The molecule has 1 heterocycles. The van der Waals surface area contributed by atoms with Gasteiger partial charge < -0.3 is 20.3 Å². The zero-order chi connectivity index (χ0) is 21.4. The fraction of sp³-hybridized carbons (Fsp3) is 0.368. The first-order chi connectivity index (χ1) is 13.8. The van der Waals surface area contributed by atoms with E-state index in [4.69, 9.17) is 22.1 Å². The lowest BCUT2D eigenvalue weighted by atomic mass is 10.2. The third kappa shape index (κ3) is 6.75. The van der Waals surface area contributed by atoms with Crippen LogP contribution in [-0.2, 0) is 14.4 Å². The number of carboxylic acid groups (broad SMARTS) is 1. The predicted octanol–water partition coefficient (Wildman–Crippen LogP) is 2.36. The Balaban J connectivity index is 1.86. The number of aliphatic carboxylic acids is 1.